The molecule has 1 aliphatic heterocycles. The highest BCUT2D eigenvalue weighted by Crippen LogP contribution is 2.28. The molecule has 0 aromatic heterocycles. The van der Waals surface area contributed by atoms with Crippen LogP contribution in [0.2, 0.25) is 0 Å². The summed E-state index contributed by atoms with van der Waals surface area (Å²) in [6, 6.07) is 4.87. The van der Waals surface area contributed by atoms with Gasteiger partial charge in [0.05, 0.1) is 7.11 Å². The van der Waals surface area contributed by atoms with Crippen LogP contribution >= 0.6 is 0 Å². The summed E-state index contributed by atoms with van der Waals surface area (Å²) in [5.41, 5.74) is 2.75. The molecule has 1 aromatic rings. The van der Waals surface area contributed by atoms with Gasteiger partial charge in [0.1, 0.15) is 5.82 Å². The van der Waals surface area contributed by atoms with E-state index in [1.54, 1.807) is 6.07 Å². The summed E-state index contributed by atoms with van der Waals surface area (Å²) in [5.74, 6) is -0.514. The Bertz CT molecular complexity index is 511. The van der Waals surface area contributed by atoms with E-state index < -0.39 is 0 Å². The minimum atomic E-state index is -0.291. The molecule has 0 spiro atoms. The molecular formula is C15H18FNO2. The minimum Gasteiger partial charge on any atom is -0.466 e. The number of anilines is 1. The second kappa shape index (κ2) is 5.87. The molecule has 2 rings (SSSR count). The molecule has 0 saturated heterocycles. The van der Waals surface area contributed by atoms with Crippen LogP contribution in [0.15, 0.2) is 29.8 Å². The van der Waals surface area contributed by atoms with Gasteiger partial charge in [0.15, 0.2) is 0 Å². The third-order valence-electron chi connectivity index (χ3n) is 3.43. The Labute approximate surface area is 112 Å². The molecule has 0 fully saturated rings. The summed E-state index contributed by atoms with van der Waals surface area (Å²) >= 11 is 0. The van der Waals surface area contributed by atoms with Crippen molar-refractivity contribution in [1.82, 2.24) is 0 Å². The molecule has 1 aliphatic rings. The first kappa shape index (κ1) is 13.6. The Morgan fingerprint density at radius 1 is 1.53 bits per heavy atom. The maximum absolute atomic E-state index is 13.3. The van der Waals surface area contributed by atoms with Gasteiger partial charge in [-0.25, -0.2) is 9.18 Å². The highest BCUT2D eigenvalue weighted by molar-refractivity contribution is 5.88. The zero-order valence-corrected chi connectivity index (χ0v) is 11.3. The van der Waals surface area contributed by atoms with Gasteiger partial charge >= 0.3 is 5.97 Å². The normalized spacial score (nSPS) is 14.5. The van der Waals surface area contributed by atoms with Crippen LogP contribution in [0.25, 0.3) is 0 Å². The fraction of sp³-hybridized carbons (Fsp3) is 0.400. The fourth-order valence-electron chi connectivity index (χ4n) is 2.33. The maximum Gasteiger partial charge on any atom is 0.333 e. The van der Waals surface area contributed by atoms with E-state index in [-0.39, 0.29) is 11.8 Å². The summed E-state index contributed by atoms with van der Waals surface area (Å²) in [7, 11) is 1.38. The summed E-state index contributed by atoms with van der Waals surface area (Å²) in [6.07, 6.45) is 3.42. The fourth-order valence-corrected chi connectivity index (χ4v) is 2.33. The van der Waals surface area contributed by atoms with Crippen molar-refractivity contribution in [3.8, 4) is 0 Å². The Hall–Kier alpha value is -1.84. The number of hydrogen-bond donors (Lipinski definition) is 0. The molecule has 19 heavy (non-hydrogen) atoms. The van der Waals surface area contributed by atoms with Gasteiger partial charge in [0, 0.05) is 24.4 Å². The van der Waals surface area contributed by atoms with Gasteiger partial charge in [-0.05, 0) is 30.5 Å². The first-order valence-corrected chi connectivity index (χ1v) is 6.46. The largest absolute Gasteiger partial charge is 0.466 e. The number of carbonyl (C=O) groups is 1. The van der Waals surface area contributed by atoms with Crippen molar-refractivity contribution in [3.05, 3.63) is 41.2 Å². The smallest absolute Gasteiger partial charge is 0.333 e. The summed E-state index contributed by atoms with van der Waals surface area (Å²) < 4.78 is 18.0. The summed E-state index contributed by atoms with van der Waals surface area (Å²) in [5, 5.41) is 0. The average Bonchev–Trinajstić information content (AvgIpc) is 2.81. The van der Waals surface area contributed by atoms with Gasteiger partial charge in [0.25, 0.3) is 0 Å². The monoisotopic (exact) mass is 263 g/mol. The minimum absolute atomic E-state index is 0.224. The van der Waals surface area contributed by atoms with Crippen LogP contribution in [0.5, 0.6) is 0 Å². The van der Waals surface area contributed by atoms with Crippen molar-refractivity contribution in [2.75, 3.05) is 25.1 Å². The Balaban J connectivity index is 2.12. The van der Waals surface area contributed by atoms with Crippen LogP contribution in [-0.4, -0.2) is 26.2 Å². The maximum atomic E-state index is 13.3. The lowest BCUT2D eigenvalue weighted by Crippen LogP contribution is -2.21. The molecule has 102 valence electrons. The van der Waals surface area contributed by atoms with E-state index in [4.69, 9.17) is 4.74 Å². The van der Waals surface area contributed by atoms with Gasteiger partial charge in [-0.15, -0.1) is 0 Å². The number of methoxy groups -OCH3 is 1. The molecule has 0 unspecified atom stereocenters. The number of fused-ring (bicyclic) bond motifs is 1. The lowest BCUT2D eigenvalue weighted by Gasteiger charge is -2.17. The zero-order chi connectivity index (χ0) is 13.8. The van der Waals surface area contributed by atoms with Crippen molar-refractivity contribution >= 4 is 11.7 Å². The zero-order valence-electron chi connectivity index (χ0n) is 11.3. The Morgan fingerprint density at radius 2 is 2.32 bits per heavy atom. The molecule has 0 amide bonds. The number of benzene rings is 1. The molecular weight excluding hydrogens is 245 g/mol. The van der Waals surface area contributed by atoms with E-state index in [0.29, 0.717) is 18.5 Å². The Kier molecular flexibility index (Phi) is 4.20. The third kappa shape index (κ3) is 2.95. The summed E-state index contributed by atoms with van der Waals surface area (Å²) in [6.45, 7) is 3.38. The second-order valence-electron chi connectivity index (χ2n) is 4.54. The molecule has 0 atom stereocenters. The predicted octanol–water partition coefficient (Wildman–Crippen LogP) is 2.70. The second-order valence-corrected chi connectivity index (χ2v) is 4.54. The van der Waals surface area contributed by atoms with Crippen LogP contribution in [0.1, 0.15) is 18.9 Å². The lowest BCUT2D eigenvalue weighted by molar-refractivity contribution is -0.136. The topological polar surface area (TPSA) is 29.5 Å². The van der Waals surface area contributed by atoms with Crippen molar-refractivity contribution in [3.63, 3.8) is 0 Å². The standard InChI is InChI=1S/C15H18FNO2/c1-3-11(15(18)19-2)6-8-17-9-7-12-4-5-13(16)10-14(12)17/h4-6,10H,3,7-9H2,1-2H3/b11-6-. The third-order valence-corrected chi connectivity index (χ3v) is 3.43. The SMILES string of the molecule is CC/C(=C/CN1CCc2ccc(F)cc21)C(=O)OC. The van der Waals surface area contributed by atoms with Crippen molar-refractivity contribution in [2.24, 2.45) is 0 Å². The number of nitrogens with zero attached hydrogens (tertiary/aromatic N) is 1. The van der Waals surface area contributed by atoms with E-state index in [2.05, 4.69) is 4.90 Å². The van der Waals surface area contributed by atoms with Crippen molar-refractivity contribution in [1.29, 1.82) is 0 Å². The number of carbonyl (C=O) groups excluding carboxylic acids is 1. The number of hydrogen-bond acceptors (Lipinski definition) is 3. The van der Waals surface area contributed by atoms with Crippen LogP contribution in [-0.2, 0) is 16.0 Å². The van der Waals surface area contributed by atoms with Crippen molar-refractivity contribution < 1.29 is 13.9 Å². The molecule has 1 aromatic carbocycles. The average molecular weight is 263 g/mol. The van der Waals surface area contributed by atoms with Crippen molar-refractivity contribution in [2.45, 2.75) is 19.8 Å². The molecule has 1 heterocycles. The van der Waals surface area contributed by atoms with E-state index in [1.807, 2.05) is 19.1 Å². The van der Waals surface area contributed by atoms with Crippen LogP contribution in [0.4, 0.5) is 10.1 Å². The van der Waals surface area contributed by atoms with E-state index in [1.165, 1.54) is 13.2 Å². The van der Waals surface area contributed by atoms with Gasteiger partial charge in [-0.1, -0.05) is 19.1 Å². The summed E-state index contributed by atoms with van der Waals surface area (Å²) in [4.78, 5) is 13.6. The van der Waals surface area contributed by atoms with Gasteiger partial charge in [-0.2, -0.15) is 0 Å². The van der Waals surface area contributed by atoms with E-state index in [0.717, 1.165) is 24.2 Å². The molecule has 3 nitrogen and oxygen atoms in total. The molecule has 0 radical (unpaired) electrons. The Morgan fingerprint density at radius 3 is 3.00 bits per heavy atom. The first-order valence-electron chi connectivity index (χ1n) is 6.46. The van der Waals surface area contributed by atoms with Gasteiger partial charge in [0.2, 0.25) is 0 Å². The quantitative estimate of drug-likeness (QED) is 0.618. The van der Waals surface area contributed by atoms with E-state index in [9.17, 15) is 9.18 Å². The first-order chi connectivity index (χ1) is 9.15. The highest BCUT2D eigenvalue weighted by atomic mass is 19.1. The molecule has 0 saturated carbocycles. The molecule has 0 bridgehead atoms. The van der Waals surface area contributed by atoms with E-state index >= 15 is 0 Å². The number of rotatable bonds is 4. The number of halogens is 1. The molecule has 4 heteroatoms. The van der Waals surface area contributed by atoms with Crippen LogP contribution in [0, 0.1) is 5.82 Å². The highest BCUT2D eigenvalue weighted by Gasteiger charge is 2.19. The molecule has 0 N–H and O–H groups in total. The lowest BCUT2D eigenvalue weighted by atomic mass is 10.1. The van der Waals surface area contributed by atoms with Crippen LogP contribution < -0.4 is 4.90 Å². The van der Waals surface area contributed by atoms with Gasteiger partial charge < -0.3 is 9.64 Å². The number of ether oxygens (including phenoxy) is 1. The predicted molar refractivity (Wildman–Crippen MR) is 72.7 cm³/mol. The molecule has 0 aliphatic carbocycles. The van der Waals surface area contributed by atoms with Crippen LogP contribution in [0.3, 0.4) is 0 Å². The van der Waals surface area contributed by atoms with Gasteiger partial charge in [-0.3, -0.25) is 0 Å². The number of esters is 1.